The smallest absolute Gasteiger partial charge is 0.292 e. The van der Waals surface area contributed by atoms with Gasteiger partial charge in [-0.15, -0.1) is 0 Å². The maximum atomic E-state index is 12.6. The van der Waals surface area contributed by atoms with E-state index in [1.54, 1.807) is 24.3 Å². The summed E-state index contributed by atoms with van der Waals surface area (Å²) in [5.74, 6) is 0.568. The zero-order valence-electron chi connectivity index (χ0n) is 12.1. The van der Waals surface area contributed by atoms with E-state index in [1.165, 1.54) is 9.80 Å². The summed E-state index contributed by atoms with van der Waals surface area (Å²) in [6.07, 6.45) is 2.59. The molecule has 2 aliphatic rings. The lowest BCUT2D eigenvalue weighted by atomic mass is 9.97. The topological polar surface area (TPSA) is 41.8 Å². The SMILES string of the molecule is CC1CC[NH+]([C@@H]2CC(=O)N(c3ccc(Cl)cc3)C2=O)CC1. The lowest BCUT2D eigenvalue weighted by molar-refractivity contribution is -0.920. The van der Waals surface area contributed by atoms with E-state index in [2.05, 4.69) is 6.92 Å². The lowest BCUT2D eigenvalue weighted by Gasteiger charge is -2.30. The van der Waals surface area contributed by atoms with Crippen LogP contribution in [-0.4, -0.2) is 30.9 Å². The largest absolute Gasteiger partial charge is 0.324 e. The van der Waals surface area contributed by atoms with Crippen LogP contribution in [0.4, 0.5) is 5.69 Å². The molecule has 1 N–H and O–H groups in total. The highest BCUT2D eigenvalue weighted by Crippen LogP contribution is 2.24. The number of benzene rings is 1. The fourth-order valence-electron chi connectivity index (χ4n) is 3.29. The summed E-state index contributed by atoms with van der Waals surface area (Å²) in [4.78, 5) is 27.5. The van der Waals surface area contributed by atoms with Crippen LogP contribution in [0.25, 0.3) is 0 Å². The van der Waals surface area contributed by atoms with Gasteiger partial charge in [0.25, 0.3) is 5.91 Å². The van der Waals surface area contributed by atoms with Gasteiger partial charge in [0.2, 0.25) is 5.91 Å². The second-order valence-electron chi connectivity index (χ2n) is 6.14. The zero-order valence-corrected chi connectivity index (χ0v) is 12.9. The van der Waals surface area contributed by atoms with Gasteiger partial charge < -0.3 is 4.90 Å². The van der Waals surface area contributed by atoms with Gasteiger partial charge in [0, 0.05) is 5.02 Å². The number of imide groups is 1. The molecular weight excluding hydrogens is 288 g/mol. The Hall–Kier alpha value is -1.39. The van der Waals surface area contributed by atoms with Crippen LogP contribution in [0.5, 0.6) is 0 Å². The van der Waals surface area contributed by atoms with Crippen molar-refractivity contribution in [3.05, 3.63) is 29.3 Å². The third kappa shape index (κ3) is 2.83. The van der Waals surface area contributed by atoms with Crippen molar-refractivity contribution in [2.75, 3.05) is 18.0 Å². The first-order valence-corrected chi connectivity index (χ1v) is 7.91. The van der Waals surface area contributed by atoms with Crippen molar-refractivity contribution in [1.82, 2.24) is 0 Å². The highest BCUT2D eigenvalue weighted by molar-refractivity contribution is 6.30. The summed E-state index contributed by atoms with van der Waals surface area (Å²) in [7, 11) is 0. The first kappa shape index (κ1) is 14.5. The van der Waals surface area contributed by atoms with Gasteiger partial charge in [0.1, 0.15) is 0 Å². The lowest BCUT2D eigenvalue weighted by Crippen LogP contribution is -3.17. The number of hydrogen-bond donors (Lipinski definition) is 1. The Morgan fingerprint density at radius 1 is 1.14 bits per heavy atom. The molecule has 2 heterocycles. The van der Waals surface area contributed by atoms with E-state index in [0.29, 0.717) is 17.1 Å². The van der Waals surface area contributed by atoms with Gasteiger partial charge in [-0.2, -0.15) is 0 Å². The number of rotatable bonds is 2. The van der Waals surface area contributed by atoms with Crippen molar-refractivity contribution in [2.45, 2.75) is 32.2 Å². The number of piperidine rings is 1. The first-order valence-electron chi connectivity index (χ1n) is 7.53. The summed E-state index contributed by atoms with van der Waals surface area (Å²) < 4.78 is 0. The number of carbonyl (C=O) groups excluding carboxylic acids is 2. The predicted molar refractivity (Wildman–Crippen MR) is 81.4 cm³/mol. The van der Waals surface area contributed by atoms with Crippen LogP contribution in [0.2, 0.25) is 5.02 Å². The summed E-state index contributed by atoms with van der Waals surface area (Å²) in [6, 6.07) is 6.67. The Balaban J connectivity index is 1.77. The highest BCUT2D eigenvalue weighted by Gasteiger charge is 2.46. The van der Waals surface area contributed by atoms with E-state index in [4.69, 9.17) is 11.6 Å². The number of nitrogens with zero attached hydrogens (tertiary/aromatic N) is 1. The number of quaternary nitrogens is 1. The Bertz CT molecular complexity index is 550. The van der Waals surface area contributed by atoms with Crippen LogP contribution < -0.4 is 9.80 Å². The van der Waals surface area contributed by atoms with Crippen molar-refractivity contribution in [3.63, 3.8) is 0 Å². The van der Waals surface area contributed by atoms with Crippen LogP contribution in [0.1, 0.15) is 26.2 Å². The first-order chi connectivity index (χ1) is 10.1. The minimum absolute atomic E-state index is 0.0631. The van der Waals surface area contributed by atoms with Crippen molar-refractivity contribution in [1.29, 1.82) is 0 Å². The number of nitrogens with one attached hydrogen (secondary N) is 1. The molecule has 0 aliphatic carbocycles. The molecule has 0 radical (unpaired) electrons. The molecule has 0 aromatic heterocycles. The summed E-state index contributed by atoms with van der Waals surface area (Å²) in [5.41, 5.74) is 0.627. The van der Waals surface area contributed by atoms with Crippen LogP contribution >= 0.6 is 11.6 Å². The summed E-state index contributed by atoms with van der Waals surface area (Å²) in [5, 5.41) is 0.602. The van der Waals surface area contributed by atoms with E-state index in [9.17, 15) is 9.59 Å². The minimum atomic E-state index is -0.208. The molecule has 1 atom stereocenters. The third-order valence-electron chi connectivity index (χ3n) is 4.64. The molecule has 0 unspecified atom stereocenters. The number of carbonyl (C=O) groups is 2. The maximum Gasteiger partial charge on any atom is 0.292 e. The van der Waals surface area contributed by atoms with Crippen LogP contribution in [0.3, 0.4) is 0 Å². The van der Waals surface area contributed by atoms with E-state index >= 15 is 0 Å². The molecule has 2 amide bonds. The standard InChI is InChI=1S/C16H19ClN2O2/c1-11-6-8-18(9-7-11)14-10-15(20)19(16(14)21)13-4-2-12(17)3-5-13/h2-5,11,14H,6-10H2,1H3/p+1/t14-/m1/s1. The molecule has 2 aliphatic heterocycles. The second-order valence-corrected chi connectivity index (χ2v) is 6.58. The molecule has 5 heteroatoms. The Labute approximate surface area is 129 Å². The molecule has 2 fully saturated rings. The summed E-state index contributed by atoms with van der Waals surface area (Å²) in [6.45, 7) is 4.22. The van der Waals surface area contributed by atoms with Gasteiger partial charge >= 0.3 is 0 Å². The molecule has 0 spiro atoms. The Kier molecular flexibility index (Phi) is 4.00. The molecule has 112 valence electrons. The maximum absolute atomic E-state index is 12.6. The number of halogens is 1. The number of anilines is 1. The van der Waals surface area contributed by atoms with Gasteiger partial charge in [0.15, 0.2) is 6.04 Å². The minimum Gasteiger partial charge on any atom is -0.324 e. The van der Waals surface area contributed by atoms with Crippen LogP contribution in [-0.2, 0) is 9.59 Å². The predicted octanol–water partition coefficient (Wildman–Crippen LogP) is 1.29. The molecule has 1 aromatic carbocycles. The molecule has 0 bridgehead atoms. The molecular formula is C16H20ClN2O2+. The van der Waals surface area contributed by atoms with E-state index in [0.717, 1.165) is 31.8 Å². The fraction of sp³-hybridized carbons (Fsp3) is 0.500. The van der Waals surface area contributed by atoms with Crippen LogP contribution in [0.15, 0.2) is 24.3 Å². The molecule has 0 saturated carbocycles. The van der Waals surface area contributed by atoms with Crippen molar-refractivity contribution in [3.8, 4) is 0 Å². The van der Waals surface area contributed by atoms with Gasteiger partial charge in [0.05, 0.1) is 25.2 Å². The van der Waals surface area contributed by atoms with Crippen LogP contribution in [0, 0.1) is 5.92 Å². The third-order valence-corrected chi connectivity index (χ3v) is 4.89. The number of amides is 2. The van der Waals surface area contributed by atoms with Gasteiger partial charge in [-0.25, -0.2) is 4.90 Å². The quantitative estimate of drug-likeness (QED) is 0.837. The average molecular weight is 308 g/mol. The monoisotopic (exact) mass is 307 g/mol. The van der Waals surface area contributed by atoms with E-state index < -0.39 is 0 Å². The molecule has 3 rings (SSSR count). The van der Waals surface area contributed by atoms with Gasteiger partial charge in [-0.3, -0.25) is 9.59 Å². The summed E-state index contributed by atoms with van der Waals surface area (Å²) >= 11 is 5.86. The van der Waals surface area contributed by atoms with Gasteiger partial charge in [-0.05, 0) is 43.0 Å². The fourth-order valence-corrected chi connectivity index (χ4v) is 3.42. The number of hydrogen-bond acceptors (Lipinski definition) is 2. The molecule has 4 nitrogen and oxygen atoms in total. The normalized spacial score (nSPS) is 30.0. The molecule has 2 saturated heterocycles. The Morgan fingerprint density at radius 2 is 1.76 bits per heavy atom. The molecule has 21 heavy (non-hydrogen) atoms. The second kappa shape index (κ2) is 5.78. The highest BCUT2D eigenvalue weighted by atomic mass is 35.5. The number of likely N-dealkylation sites (tertiary alicyclic amines) is 1. The zero-order chi connectivity index (χ0) is 15.0. The van der Waals surface area contributed by atoms with Gasteiger partial charge in [-0.1, -0.05) is 18.5 Å². The van der Waals surface area contributed by atoms with Crippen molar-refractivity contribution in [2.24, 2.45) is 5.92 Å². The van der Waals surface area contributed by atoms with Crippen molar-refractivity contribution >= 4 is 29.1 Å². The molecule has 1 aromatic rings. The van der Waals surface area contributed by atoms with E-state index in [1.807, 2.05) is 0 Å². The van der Waals surface area contributed by atoms with Crippen molar-refractivity contribution < 1.29 is 14.5 Å². The Morgan fingerprint density at radius 3 is 2.38 bits per heavy atom. The average Bonchev–Trinajstić information content (AvgIpc) is 2.76. The van der Waals surface area contributed by atoms with E-state index in [-0.39, 0.29) is 17.9 Å².